The highest BCUT2D eigenvalue weighted by Crippen LogP contribution is 2.34. The Kier molecular flexibility index (Phi) is 4.52. The largest absolute Gasteiger partial charge is 0.505 e. The van der Waals surface area contributed by atoms with Gasteiger partial charge in [-0.15, -0.1) is 0 Å². The second-order valence-electron chi connectivity index (χ2n) is 3.90. The number of phenols is 1. The highest BCUT2D eigenvalue weighted by molar-refractivity contribution is 9.10. The van der Waals surface area contributed by atoms with E-state index >= 15 is 0 Å². The molecule has 0 saturated heterocycles. The Balaban J connectivity index is 2.28. The van der Waals surface area contributed by atoms with E-state index in [-0.39, 0.29) is 21.4 Å². The molecule has 0 saturated carbocycles. The fraction of sp³-hybridized carbons (Fsp3) is 0. The van der Waals surface area contributed by atoms with Crippen molar-refractivity contribution < 1.29 is 14.3 Å². The number of hydrogen-bond acceptors (Lipinski definition) is 2. The van der Waals surface area contributed by atoms with Gasteiger partial charge in [0, 0.05) is 15.7 Å². The zero-order valence-electron chi connectivity index (χ0n) is 9.75. The van der Waals surface area contributed by atoms with E-state index in [1.807, 2.05) is 0 Å². The molecular weight excluding hydrogens is 372 g/mol. The van der Waals surface area contributed by atoms with Gasteiger partial charge in [0.1, 0.15) is 5.82 Å². The molecule has 0 spiro atoms. The van der Waals surface area contributed by atoms with Crippen LogP contribution in [0.25, 0.3) is 0 Å². The van der Waals surface area contributed by atoms with E-state index < -0.39 is 11.7 Å². The summed E-state index contributed by atoms with van der Waals surface area (Å²) >= 11 is 14.6. The first kappa shape index (κ1) is 15.1. The molecule has 0 aliphatic carbocycles. The van der Waals surface area contributed by atoms with E-state index in [2.05, 4.69) is 21.2 Å². The SMILES string of the molecule is O=C(Nc1cc(Cl)c(O)c(Cl)c1)c1cc(F)cc(Br)c1. The molecule has 2 rings (SSSR count). The lowest BCUT2D eigenvalue weighted by Crippen LogP contribution is -2.12. The molecule has 7 heteroatoms. The van der Waals surface area contributed by atoms with Gasteiger partial charge in [-0.2, -0.15) is 0 Å². The first-order valence-electron chi connectivity index (χ1n) is 5.32. The summed E-state index contributed by atoms with van der Waals surface area (Å²) in [4.78, 5) is 12.0. The van der Waals surface area contributed by atoms with Crippen molar-refractivity contribution in [3.8, 4) is 5.75 Å². The number of carbonyl (C=O) groups excluding carboxylic acids is 1. The fourth-order valence-electron chi connectivity index (χ4n) is 1.53. The maximum Gasteiger partial charge on any atom is 0.255 e. The molecule has 0 fully saturated rings. The van der Waals surface area contributed by atoms with Crippen molar-refractivity contribution in [2.24, 2.45) is 0 Å². The predicted octanol–water partition coefficient (Wildman–Crippen LogP) is 4.85. The van der Waals surface area contributed by atoms with E-state index in [4.69, 9.17) is 23.2 Å². The van der Waals surface area contributed by atoms with Gasteiger partial charge in [0.05, 0.1) is 10.0 Å². The van der Waals surface area contributed by atoms with Gasteiger partial charge in [0.2, 0.25) is 0 Å². The molecule has 3 nitrogen and oxygen atoms in total. The van der Waals surface area contributed by atoms with E-state index in [0.717, 1.165) is 6.07 Å². The second kappa shape index (κ2) is 5.99. The summed E-state index contributed by atoms with van der Waals surface area (Å²) in [6.45, 7) is 0. The Morgan fingerprint density at radius 1 is 1.15 bits per heavy atom. The van der Waals surface area contributed by atoms with Crippen molar-refractivity contribution in [2.75, 3.05) is 5.32 Å². The average molecular weight is 379 g/mol. The molecule has 0 aromatic heterocycles. The van der Waals surface area contributed by atoms with Crippen LogP contribution in [0.5, 0.6) is 5.75 Å². The van der Waals surface area contributed by atoms with Crippen molar-refractivity contribution in [1.29, 1.82) is 0 Å². The zero-order chi connectivity index (χ0) is 14.9. The smallest absolute Gasteiger partial charge is 0.255 e. The molecule has 2 aromatic carbocycles. The first-order chi connectivity index (χ1) is 9.36. The summed E-state index contributed by atoms with van der Waals surface area (Å²) in [6.07, 6.45) is 0. The van der Waals surface area contributed by atoms with Gasteiger partial charge >= 0.3 is 0 Å². The van der Waals surface area contributed by atoms with Crippen molar-refractivity contribution in [3.63, 3.8) is 0 Å². The summed E-state index contributed by atoms with van der Waals surface area (Å²) in [5, 5.41) is 12.0. The van der Waals surface area contributed by atoms with E-state index in [1.54, 1.807) is 0 Å². The van der Waals surface area contributed by atoms with Gasteiger partial charge in [-0.3, -0.25) is 4.79 Å². The average Bonchev–Trinajstić information content (AvgIpc) is 2.34. The van der Waals surface area contributed by atoms with Crippen LogP contribution in [0.4, 0.5) is 10.1 Å². The van der Waals surface area contributed by atoms with E-state index in [1.165, 1.54) is 24.3 Å². The first-order valence-corrected chi connectivity index (χ1v) is 6.87. The fourth-order valence-corrected chi connectivity index (χ4v) is 2.48. The summed E-state index contributed by atoms with van der Waals surface area (Å²) < 4.78 is 13.7. The van der Waals surface area contributed by atoms with Crippen molar-refractivity contribution in [3.05, 3.63) is 56.2 Å². The Hall–Kier alpha value is -1.30. The summed E-state index contributed by atoms with van der Waals surface area (Å²) in [5.41, 5.74) is 0.431. The third-order valence-electron chi connectivity index (χ3n) is 2.40. The third kappa shape index (κ3) is 3.42. The van der Waals surface area contributed by atoms with E-state index in [9.17, 15) is 14.3 Å². The quantitative estimate of drug-likeness (QED) is 0.733. The lowest BCUT2D eigenvalue weighted by Gasteiger charge is -2.08. The Bertz CT molecular complexity index is 651. The van der Waals surface area contributed by atoms with Crippen molar-refractivity contribution in [2.45, 2.75) is 0 Å². The zero-order valence-corrected chi connectivity index (χ0v) is 12.9. The summed E-state index contributed by atoms with van der Waals surface area (Å²) in [7, 11) is 0. The second-order valence-corrected chi connectivity index (χ2v) is 5.63. The number of hydrogen-bond donors (Lipinski definition) is 2. The van der Waals surface area contributed by atoms with Crippen LogP contribution >= 0.6 is 39.1 Å². The lowest BCUT2D eigenvalue weighted by atomic mass is 10.2. The van der Waals surface area contributed by atoms with Crippen LogP contribution in [0.2, 0.25) is 10.0 Å². The van der Waals surface area contributed by atoms with Gasteiger partial charge in [-0.1, -0.05) is 39.1 Å². The summed E-state index contributed by atoms with van der Waals surface area (Å²) in [6, 6.07) is 6.50. The van der Waals surface area contributed by atoms with Crippen LogP contribution in [0.1, 0.15) is 10.4 Å². The number of rotatable bonds is 2. The maximum atomic E-state index is 13.2. The van der Waals surface area contributed by atoms with Gasteiger partial charge in [-0.05, 0) is 30.3 Å². The number of halogens is 4. The minimum atomic E-state index is -0.536. The minimum absolute atomic E-state index is 0.00761. The number of nitrogens with one attached hydrogen (secondary N) is 1. The number of benzene rings is 2. The minimum Gasteiger partial charge on any atom is -0.505 e. The van der Waals surface area contributed by atoms with Gasteiger partial charge in [0.15, 0.2) is 5.75 Å². The highest BCUT2D eigenvalue weighted by atomic mass is 79.9. The number of anilines is 1. The normalized spacial score (nSPS) is 10.4. The molecule has 0 atom stereocenters. The highest BCUT2D eigenvalue weighted by Gasteiger charge is 2.12. The molecular formula is C13H7BrCl2FNO2. The summed E-state index contributed by atoms with van der Waals surface area (Å²) in [5.74, 6) is -1.32. The molecule has 0 heterocycles. The van der Waals surface area contributed by atoms with Crippen LogP contribution in [0.3, 0.4) is 0 Å². The molecule has 1 amide bonds. The third-order valence-corrected chi connectivity index (χ3v) is 3.43. The number of carbonyl (C=O) groups is 1. The van der Waals surface area contributed by atoms with Crippen molar-refractivity contribution in [1.82, 2.24) is 0 Å². The molecule has 0 aliphatic heterocycles. The van der Waals surface area contributed by atoms with Gasteiger partial charge in [-0.25, -0.2) is 4.39 Å². The van der Waals surface area contributed by atoms with Gasteiger partial charge < -0.3 is 10.4 Å². The predicted molar refractivity (Wildman–Crippen MR) is 80.2 cm³/mol. The van der Waals surface area contributed by atoms with Crippen LogP contribution in [0.15, 0.2) is 34.8 Å². The maximum absolute atomic E-state index is 13.2. The monoisotopic (exact) mass is 377 g/mol. The molecule has 104 valence electrons. The van der Waals surface area contributed by atoms with Crippen LogP contribution < -0.4 is 5.32 Å². The van der Waals surface area contributed by atoms with Gasteiger partial charge in [0.25, 0.3) is 5.91 Å². The topological polar surface area (TPSA) is 49.3 Å². The molecule has 0 radical (unpaired) electrons. The number of aromatic hydroxyl groups is 1. The Morgan fingerprint density at radius 2 is 1.75 bits per heavy atom. The van der Waals surface area contributed by atoms with Crippen LogP contribution in [-0.4, -0.2) is 11.0 Å². The molecule has 0 unspecified atom stereocenters. The molecule has 0 bridgehead atoms. The Labute approximate surface area is 132 Å². The molecule has 2 aromatic rings. The van der Waals surface area contributed by atoms with Crippen molar-refractivity contribution >= 4 is 50.7 Å². The molecule has 0 aliphatic rings. The van der Waals surface area contributed by atoms with E-state index in [0.29, 0.717) is 10.2 Å². The molecule has 2 N–H and O–H groups in total. The van der Waals surface area contributed by atoms with Crippen LogP contribution in [-0.2, 0) is 0 Å². The lowest BCUT2D eigenvalue weighted by molar-refractivity contribution is 0.102. The standard InChI is InChI=1S/C13H7BrCl2FNO2/c14-7-1-6(2-8(17)3-7)13(20)18-9-4-10(15)12(19)11(16)5-9/h1-5,19H,(H,18,20). The number of phenolic OH excluding ortho intramolecular Hbond substituents is 1. The molecule has 20 heavy (non-hydrogen) atoms. The number of amides is 1. The van der Waals surface area contributed by atoms with Crippen LogP contribution in [0, 0.1) is 5.82 Å². The Morgan fingerprint density at radius 3 is 2.30 bits per heavy atom.